The summed E-state index contributed by atoms with van der Waals surface area (Å²) in [4.78, 5) is 9.37. The topological polar surface area (TPSA) is 47.1 Å². The molecular weight excluding hydrogens is 378 g/mol. The summed E-state index contributed by atoms with van der Waals surface area (Å²) in [5.41, 5.74) is 2.37. The van der Waals surface area contributed by atoms with Gasteiger partial charge in [0.15, 0.2) is 0 Å². The maximum Gasteiger partial charge on any atom is 0.128 e. The zero-order chi connectivity index (χ0) is 21.1. The lowest BCUT2D eigenvalue weighted by Crippen LogP contribution is -2.47. The van der Waals surface area contributed by atoms with E-state index in [1.807, 2.05) is 18.3 Å². The van der Waals surface area contributed by atoms with Gasteiger partial charge in [-0.3, -0.25) is 4.90 Å². The lowest BCUT2D eigenvalue weighted by atomic mass is 9.77. The first-order valence-electron chi connectivity index (χ1n) is 10.8. The van der Waals surface area contributed by atoms with E-state index in [4.69, 9.17) is 14.2 Å². The van der Waals surface area contributed by atoms with Gasteiger partial charge in [0.25, 0.3) is 0 Å². The van der Waals surface area contributed by atoms with Gasteiger partial charge in [0.1, 0.15) is 17.3 Å². The van der Waals surface area contributed by atoms with Crippen LogP contribution in [0, 0.1) is 0 Å². The van der Waals surface area contributed by atoms with Gasteiger partial charge < -0.3 is 19.1 Å². The summed E-state index contributed by atoms with van der Waals surface area (Å²) in [7, 11) is 3.43. The van der Waals surface area contributed by atoms with E-state index in [0.29, 0.717) is 6.61 Å². The molecule has 6 heteroatoms. The Balaban J connectivity index is 1.43. The van der Waals surface area contributed by atoms with Crippen LogP contribution >= 0.6 is 0 Å². The second-order valence-corrected chi connectivity index (χ2v) is 8.78. The Hall–Kier alpha value is -2.31. The molecule has 1 fully saturated rings. The van der Waals surface area contributed by atoms with Crippen LogP contribution in [-0.4, -0.2) is 63.4 Å². The normalized spacial score (nSPS) is 21.2. The summed E-state index contributed by atoms with van der Waals surface area (Å²) in [5.74, 6) is 2.79. The molecule has 0 N–H and O–H groups in total. The van der Waals surface area contributed by atoms with E-state index in [9.17, 15) is 0 Å². The molecule has 2 aliphatic rings. The third kappa shape index (κ3) is 4.25. The van der Waals surface area contributed by atoms with Gasteiger partial charge in [-0.15, -0.1) is 0 Å². The van der Waals surface area contributed by atoms with Crippen molar-refractivity contribution in [3.05, 3.63) is 47.7 Å². The number of anilines is 1. The molecule has 2 aromatic rings. The fourth-order valence-electron chi connectivity index (χ4n) is 4.62. The van der Waals surface area contributed by atoms with Gasteiger partial charge in [-0.1, -0.05) is 19.9 Å². The van der Waals surface area contributed by atoms with Crippen molar-refractivity contribution in [2.24, 2.45) is 0 Å². The van der Waals surface area contributed by atoms with E-state index in [0.717, 1.165) is 56.5 Å². The van der Waals surface area contributed by atoms with Gasteiger partial charge in [0.05, 0.1) is 26.9 Å². The molecule has 3 heterocycles. The average molecular weight is 412 g/mol. The molecule has 162 valence electrons. The Morgan fingerprint density at radius 3 is 2.57 bits per heavy atom. The van der Waals surface area contributed by atoms with Crippen molar-refractivity contribution in [3.63, 3.8) is 0 Å². The first kappa shape index (κ1) is 20.9. The van der Waals surface area contributed by atoms with Crippen molar-refractivity contribution in [1.82, 2.24) is 9.88 Å². The van der Waals surface area contributed by atoms with Crippen molar-refractivity contribution >= 4 is 5.82 Å². The number of nitrogens with zero attached hydrogens (tertiary/aromatic N) is 3. The second kappa shape index (κ2) is 8.82. The molecule has 4 rings (SSSR count). The number of methoxy groups -OCH3 is 2. The predicted molar refractivity (Wildman–Crippen MR) is 119 cm³/mol. The molecule has 0 bridgehead atoms. The van der Waals surface area contributed by atoms with Gasteiger partial charge >= 0.3 is 0 Å². The third-order valence-corrected chi connectivity index (χ3v) is 6.28. The molecule has 30 heavy (non-hydrogen) atoms. The molecule has 1 saturated heterocycles. The van der Waals surface area contributed by atoms with Crippen LogP contribution in [0.25, 0.3) is 0 Å². The van der Waals surface area contributed by atoms with E-state index in [1.165, 1.54) is 11.1 Å². The van der Waals surface area contributed by atoms with E-state index >= 15 is 0 Å². The van der Waals surface area contributed by atoms with Crippen molar-refractivity contribution in [1.29, 1.82) is 0 Å². The molecule has 1 aromatic heterocycles. The minimum Gasteiger partial charge on any atom is -0.497 e. The summed E-state index contributed by atoms with van der Waals surface area (Å²) < 4.78 is 17.6. The molecule has 0 spiro atoms. The van der Waals surface area contributed by atoms with Gasteiger partial charge in [-0.05, 0) is 30.2 Å². The molecule has 1 atom stereocenters. The van der Waals surface area contributed by atoms with Crippen LogP contribution in [0.3, 0.4) is 0 Å². The highest BCUT2D eigenvalue weighted by molar-refractivity contribution is 5.52. The predicted octanol–water partition coefficient (Wildman–Crippen LogP) is 3.66. The van der Waals surface area contributed by atoms with Gasteiger partial charge in [-0.2, -0.15) is 0 Å². The minimum absolute atomic E-state index is 0.0610. The Labute approximate surface area is 179 Å². The highest BCUT2D eigenvalue weighted by atomic mass is 16.5. The van der Waals surface area contributed by atoms with Gasteiger partial charge in [0, 0.05) is 56.0 Å². The lowest BCUT2D eigenvalue weighted by Gasteiger charge is -2.40. The zero-order valence-electron chi connectivity index (χ0n) is 18.6. The maximum atomic E-state index is 6.34. The van der Waals surface area contributed by atoms with Crippen molar-refractivity contribution < 1.29 is 14.2 Å². The quantitative estimate of drug-likeness (QED) is 0.723. The standard InChI is InChI=1S/C24H33N3O3/c1-24(2)17-30-20(19-15-18(28-3)16-21(29-4)23(19)24)8-10-26-11-13-27(14-12-26)22-7-5-6-9-25-22/h5-7,9,15-16,20H,8,10-14,17H2,1-4H3. The number of rotatable bonds is 6. The number of hydrogen-bond donors (Lipinski definition) is 0. The Morgan fingerprint density at radius 2 is 1.90 bits per heavy atom. The number of aromatic nitrogens is 1. The van der Waals surface area contributed by atoms with Crippen molar-refractivity contribution in [2.75, 3.05) is 58.5 Å². The summed E-state index contributed by atoms with van der Waals surface area (Å²) in [6.07, 6.45) is 2.89. The second-order valence-electron chi connectivity index (χ2n) is 8.78. The van der Waals surface area contributed by atoms with E-state index < -0.39 is 0 Å². The summed E-state index contributed by atoms with van der Waals surface area (Å²) in [6.45, 7) is 10.2. The SMILES string of the molecule is COc1cc(OC)c2c(c1)C(CCN1CCN(c3ccccn3)CC1)OCC2(C)C. The minimum atomic E-state index is -0.0856. The number of piperazine rings is 1. The van der Waals surface area contributed by atoms with E-state index in [1.54, 1.807) is 14.2 Å². The number of ether oxygens (including phenoxy) is 3. The van der Waals surface area contributed by atoms with Crippen molar-refractivity contribution in [3.8, 4) is 11.5 Å². The molecule has 2 aliphatic heterocycles. The first-order chi connectivity index (χ1) is 14.5. The van der Waals surface area contributed by atoms with Crippen LogP contribution in [0.1, 0.15) is 37.5 Å². The molecule has 0 aliphatic carbocycles. The largest absolute Gasteiger partial charge is 0.497 e. The number of pyridine rings is 1. The average Bonchev–Trinajstić information content (AvgIpc) is 2.78. The highest BCUT2D eigenvalue weighted by Gasteiger charge is 2.37. The van der Waals surface area contributed by atoms with E-state index in [-0.39, 0.29) is 11.5 Å². The molecule has 0 amide bonds. The van der Waals surface area contributed by atoms with Crippen LogP contribution in [0.15, 0.2) is 36.5 Å². The van der Waals surface area contributed by atoms with Crippen LogP contribution in [-0.2, 0) is 10.2 Å². The lowest BCUT2D eigenvalue weighted by molar-refractivity contribution is -0.00433. The van der Waals surface area contributed by atoms with Crippen LogP contribution in [0.5, 0.6) is 11.5 Å². The smallest absolute Gasteiger partial charge is 0.128 e. The first-order valence-corrected chi connectivity index (χ1v) is 10.8. The van der Waals surface area contributed by atoms with Crippen LogP contribution < -0.4 is 14.4 Å². The van der Waals surface area contributed by atoms with E-state index in [2.05, 4.69) is 46.8 Å². The molecular formula is C24H33N3O3. The fraction of sp³-hybridized carbons (Fsp3) is 0.542. The maximum absolute atomic E-state index is 6.34. The Bertz CT molecular complexity index is 848. The molecule has 1 unspecified atom stereocenters. The number of fused-ring (bicyclic) bond motifs is 1. The Kier molecular flexibility index (Phi) is 6.16. The van der Waals surface area contributed by atoms with Crippen LogP contribution in [0.2, 0.25) is 0 Å². The third-order valence-electron chi connectivity index (χ3n) is 6.28. The number of benzene rings is 1. The monoisotopic (exact) mass is 411 g/mol. The zero-order valence-corrected chi connectivity index (χ0v) is 18.6. The Morgan fingerprint density at radius 1 is 1.10 bits per heavy atom. The van der Waals surface area contributed by atoms with Crippen LogP contribution in [0.4, 0.5) is 5.82 Å². The summed E-state index contributed by atoms with van der Waals surface area (Å²) in [6, 6.07) is 10.2. The highest BCUT2D eigenvalue weighted by Crippen LogP contribution is 2.46. The molecule has 0 radical (unpaired) electrons. The number of hydrogen-bond acceptors (Lipinski definition) is 6. The summed E-state index contributed by atoms with van der Waals surface area (Å²) in [5, 5.41) is 0. The molecule has 1 aromatic carbocycles. The molecule has 6 nitrogen and oxygen atoms in total. The van der Waals surface area contributed by atoms with Gasteiger partial charge in [-0.25, -0.2) is 4.98 Å². The van der Waals surface area contributed by atoms with Crippen molar-refractivity contribution in [2.45, 2.75) is 31.8 Å². The fourth-order valence-corrected chi connectivity index (χ4v) is 4.62. The van der Waals surface area contributed by atoms with Gasteiger partial charge in [0.2, 0.25) is 0 Å². The summed E-state index contributed by atoms with van der Waals surface area (Å²) >= 11 is 0. The molecule has 0 saturated carbocycles.